The minimum atomic E-state index is -0.268. The lowest BCUT2D eigenvalue weighted by Crippen LogP contribution is -2.47. The van der Waals surface area contributed by atoms with Gasteiger partial charge in [-0.05, 0) is 13.3 Å². The van der Waals surface area contributed by atoms with E-state index in [0.717, 1.165) is 0 Å². The van der Waals surface area contributed by atoms with Gasteiger partial charge in [0.05, 0.1) is 25.3 Å². The molecule has 0 heterocycles. The molecular formula is C9H20N2O3. The molecule has 0 radical (unpaired) electrons. The quantitative estimate of drug-likeness (QED) is 0.574. The van der Waals surface area contributed by atoms with E-state index < -0.39 is 0 Å². The van der Waals surface area contributed by atoms with Crippen LogP contribution in [-0.4, -0.2) is 43.5 Å². The second kappa shape index (κ2) is 7.58. The Balaban J connectivity index is 3.73. The summed E-state index contributed by atoms with van der Waals surface area (Å²) in [5.74, 6) is 0. The van der Waals surface area contributed by atoms with Crippen molar-refractivity contribution in [1.29, 1.82) is 0 Å². The zero-order valence-electron chi connectivity index (χ0n) is 9.04. The highest BCUT2D eigenvalue weighted by molar-refractivity contribution is 5.74. The number of aliphatic hydroxyl groups is 1. The number of methoxy groups -OCH3 is 1. The monoisotopic (exact) mass is 204 g/mol. The predicted octanol–water partition coefficient (Wildman–Crippen LogP) is 0.0914. The first kappa shape index (κ1) is 13.2. The van der Waals surface area contributed by atoms with Crippen molar-refractivity contribution >= 4 is 6.03 Å². The number of rotatable bonds is 6. The van der Waals surface area contributed by atoms with Crippen LogP contribution in [0.1, 0.15) is 20.3 Å². The first-order valence-electron chi connectivity index (χ1n) is 4.80. The van der Waals surface area contributed by atoms with Crippen LogP contribution in [0.4, 0.5) is 4.79 Å². The maximum atomic E-state index is 11.3. The number of aliphatic hydroxyl groups excluding tert-OH is 1. The summed E-state index contributed by atoms with van der Waals surface area (Å²) < 4.78 is 4.87. The molecule has 0 aromatic rings. The number of nitrogens with one attached hydrogen (secondary N) is 2. The van der Waals surface area contributed by atoms with Crippen LogP contribution in [0, 0.1) is 0 Å². The number of ether oxygens (including phenoxy) is 1. The van der Waals surface area contributed by atoms with E-state index in [1.807, 2.05) is 13.8 Å². The van der Waals surface area contributed by atoms with Gasteiger partial charge in [-0.15, -0.1) is 0 Å². The van der Waals surface area contributed by atoms with Gasteiger partial charge in [-0.1, -0.05) is 6.92 Å². The average Bonchev–Trinajstić information content (AvgIpc) is 2.14. The molecule has 0 rings (SSSR count). The van der Waals surface area contributed by atoms with Gasteiger partial charge in [-0.2, -0.15) is 0 Å². The maximum Gasteiger partial charge on any atom is 0.315 e. The Kier molecular flexibility index (Phi) is 7.14. The third-order valence-electron chi connectivity index (χ3n) is 1.84. The summed E-state index contributed by atoms with van der Waals surface area (Å²) in [5, 5.41) is 14.2. The van der Waals surface area contributed by atoms with Crippen molar-refractivity contribution in [3.8, 4) is 0 Å². The van der Waals surface area contributed by atoms with Gasteiger partial charge in [-0.3, -0.25) is 0 Å². The van der Waals surface area contributed by atoms with Crippen LogP contribution < -0.4 is 10.6 Å². The van der Waals surface area contributed by atoms with E-state index in [1.54, 1.807) is 7.11 Å². The van der Waals surface area contributed by atoms with E-state index in [1.165, 1.54) is 0 Å². The van der Waals surface area contributed by atoms with E-state index in [0.29, 0.717) is 13.0 Å². The largest absolute Gasteiger partial charge is 0.394 e. The van der Waals surface area contributed by atoms with Crippen molar-refractivity contribution in [2.75, 3.05) is 20.3 Å². The predicted molar refractivity (Wildman–Crippen MR) is 54.2 cm³/mol. The van der Waals surface area contributed by atoms with Crippen molar-refractivity contribution in [1.82, 2.24) is 10.6 Å². The number of urea groups is 1. The molecule has 0 saturated heterocycles. The molecule has 5 nitrogen and oxygen atoms in total. The molecule has 0 aromatic carbocycles. The molecule has 0 fully saturated rings. The Morgan fingerprint density at radius 1 is 1.50 bits per heavy atom. The Hall–Kier alpha value is -0.810. The molecule has 2 amide bonds. The lowest BCUT2D eigenvalue weighted by Gasteiger charge is -2.17. The molecule has 0 aliphatic carbocycles. The average molecular weight is 204 g/mol. The van der Waals surface area contributed by atoms with E-state index in [9.17, 15) is 4.79 Å². The summed E-state index contributed by atoms with van der Waals surface area (Å²) >= 11 is 0. The third kappa shape index (κ3) is 5.77. The van der Waals surface area contributed by atoms with Gasteiger partial charge >= 0.3 is 6.03 Å². The lowest BCUT2D eigenvalue weighted by atomic mass is 10.2. The molecule has 84 valence electrons. The van der Waals surface area contributed by atoms with Crippen LogP contribution in [0.5, 0.6) is 0 Å². The molecule has 0 aromatic heterocycles. The molecule has 0 saturated carbocycles. The van der Waals surface area contributed by atoms with Gasteiger partial charge in [0.15, 0.2) is 0 Å². The zero-order valence-corrected chi connectivity index (χ0v) is 9.04. The molecule has 0 aliphatic heterocycles. The zero-order chi connectivity index (χ0) is 11.0. The first-order valence-corrected chi connectivity index (χ1v) is 4.80. The molecule has 0 bridgehead atoms. The van der Waals surface area contributed by atoms with E-state index in [4.69, 9.17) is 9.84 Å². The van der Waals surface area contributed by atoms with Gasteiger partial charge in [0.1, 0.15) is 0 Å². The number of hydrogen-bond acceptors (Lipinski definition) is 3. The smallest absolute Gasteiger partial charge is 0.315 e. The Bertz CT molecular complexity index is 160. The Labute approximate surface area is 84.8 Å². The minimum Gasteiger partial charge on any atom is -0.394 e. The molecule has 0 aliphatic rings. The van der Waals surface area contributed by atoms with Crippen molar-refractivity contribution < 1.29 is 14.6 Å². The van der Waals surface area contributed by atoms with Crippen LogP contribution in [0.2, 0.25) is 0 Å². The highest BCUT2D eigenvalue weighted by Crippen LogP contribution is 1.89. The summed E-state index contributed by atoms with van der Waals surface area (Å²) in [6.07, 6.45) is 0.711. The normalized spacial score (nSPS) is 14.6. The molecular weight excluding hydrogens is 184 g/mol. The number of carbonyl (C=O) groups excluding carboxylic acids is 1. The highest BCUT2D eigenvalue weighted by Gasteiger charge is 2.10. The number of amides is 2. The maximum absolute atomic E-state index is 11.3. The van der Waals surface area contributed by atoms with Crippen molar-refractivity contribution in [3.05, 3.63) is 0 Å². The van der Waals surface area contributed by atoms with E-state index >= 15 is 0 Å². The number of carbonyl (C=O) groups is 1. The molecule has 0 spiro atoms. The van der Waals surface area contributed by atoms with Crippen LogP contribution in [0.15, 0.2) is 0 Å². The molecule has 2 unspecified atom stereocenters. The van der Waals surface area contributed by atoms with Crippen LogP contribution in [-0.2, 0) is 4.74 Å². The third-order valence-corrected chi connectivity index (χ3v) is 1.84. The highest BCUT2D eigenvalue weighted by atomic mass is 16.5. The summed E-state index contributed by atoms with van der Waals surface area (Å²) in [5.41, 5.74) is 0. The van der Waals surface area contributed by atoms with Gasteiger partial charge in [0.2, 0.25) is 0 Å². The first-order chi connectivity index (χ1) is 6.63. The summed E-state index contributed by atoms with van der Waals surface area (Å²) in [6.45, 7) is 4.19. The summed E-state index contributed by atoms with van der Waals surface area (Å²) in [6, 6.07) is -0.476. The van der Waals surface area contributed by atoms with Gasteiger partial charge < -0.3 is 20.5 Å². The van der Waals surface area contributed by atoms with Gasteiger partial charge in [0, 0.05) is 7.11 Å². The fourth-order valence-corrected chi connectivity index (χ4v) is 1.02. The minimum absolute atomic E-state index is 0.0313. The van der Waals surface area contributed by atoms with E-state index in [-0.39, 0.29) is 24.7 Å². The van der Waals surface area contributed by atoms with Gasteiger partial charge in [-0.25, -0.2) is 4.79 Å². The van der Waals surface area contributed by atoms with E-state index in [2.05, 4.69) is 10.6 Å². The lowest BCUT2D eigenvalue weighted by molar-refractivity contribution is 0.168. The second-order valence-electron chi connectivity index (χ2n) is 3.26. The van der Waals surface area contributed by atoms with Crippen molar-refractivity contribution in [2.24, 2.45) is 0 Å². The number of hydrogen-bond donors (Lipinski definition) is 3. The topological polar surface area (TPSA) is 70.6 Å². The molecule has 3 N–H and O–H groups in total. The Morgan fingerprint density at radius 3 is 2.57 bits per heavy atom. The summed E-state index contributed by atoms with van der Waals surface area (Å²) in [4.78, 5) is 11.3. The van der Waals surface area contributed by atoms with Crippen LogP contribution in [0.25, 0.3) is 0 Å². The Morgan fingerprint density at radius 2 is 2.14 bits per heavy atom. The van der Waals surface area contributed by atoms with Crippen LogP contribution in [0.3, 0.4) is 0 Å². The van der Waals surface area contributed by atoms with Gasteiger partial charge in [0.25, 0.3) is 0 Å². The SMILES string of the molecule is CCC(CO)NC(=O)NC(C)COC. The second-order valence-corrected chi connectivity index (χ2v) is 3.26. The van der Waals surface area contributed by atoms with Crippen LogP contribution >= 0.6 is 0 Å². The fourth-order valence-electron chi connectivity index (χ4n) is 1.02. The standard InChI is InChI=1S/C9H20N2O3/c1-4-8(5-12)11-9(13)10-7(2)6-14-3/h7-8,12H,4-6H2,1-3H3,(H2,10,11,13). The van der Waals surface area contributed by atoms with Crippen molar-refractivity contribution in [2.45, 2.75) is 32.4 Å². The summed E-state index contributed by atoms with van der Waals surface area (Å²) in [7, 11) is 1.58. The fraction of sp³-hybridized carbons (Fsp3) is 0.889. The molecule has 2 atom stereocenters. The molecule has 5 heteroatoms. The van der Waals surface area contributed by atoms with Crippen molar-refractivity contribution in [3.63, 3.8) is 0 Å². The molecule has 14 heavy (non-hydrogen) atoms.